The van der Waals surface area contributed by atoms with Gasteiger partial charge in [0.15, 0.2) is 0 Å². The summed E-state index contributed by atoms with van der Waals surface area (Å²) in [6.07, 6.45) is 0. The molecule has 0 aliphatic rings. The van der Waals surface area contributed by atoms with Gasteiger partial charge >= 0.3 is 0 Å². The maximum Gasteiger partial charge on any atom is 0.146 e. The zero-order chi connectivity index (χ0) is 18.5. The third-order valence-corrected chi connectivity index (χ3v) is 11.7. The Hall–Kier alpha value is -1.46. The first-order valence-electron chi connectivity index (χ1n) is 9.02. The van der Waals surface area contributed by atoms with Crippen molar-refractivity contribution in [3.05, 3.63) is 42.0 Å². The molecule has 0 aliphatic carbocycles. The monoisotopic (exact) mass is 342 g/mol. The lowest BCUT2D eigenvalue weighted by molar-refractivity contribution is 0.414. The van der Waals surface area contributed by atoms with Crippen LogP contribution in [-0.4, -0.2) is 15.2 Å². The topological polar surface area (TPSA) is 9.23 Å². The molecule has 0 saturated carbocycles. The van der Waals surface area contributed by atoms with E-state index in [2.05, 4.69) is 78.6 Å². The Kier molecular flexibility index (Phi) is 7.36. The summed E-state index contributed by atoms with van der Waals surface area (Å²) in [7, 11) is -0.00258. The fraction of sp³-hybridized carbons (Fsp3) is 0.545. The minimum atomic E-state index is -1.69. The Balaban J connectivity index is 3.09. The van der Waals surface area contributed by atoms with E-state index < -0.39 is 8.07 Å². The minimum Gasteiger partial charge on any atom is -0.497 e. The van der Waals surface area contributed by atoms with Gasteiger partial charge in [-0.1, -0.05) is 73.1 Å². The SMILES string of the molecule is C=C(C#C[Si](C(C)C)(C(C)C)C(C)C)C(C)c1ccc(OC)cc1. The summed E-state index contributed by atoms with van der Waals surface area (Å²) in [5, 5.41) is 0. The molecule has 0 amide bonds. The highest BCUT2D eigenvalue weighted by Gasteiger charge is 2.41. The highest BCUT2D eigenvalue weighted by atomic mass is 28.3. The molecule has 0 fully saturated rings. The molecule has 132 valence electrons. The Labute approximate surface area is 150 Å². The lowest BCUT2D eigenvalue weighted by Crippen LogP contribution is -2.43. The number of allylic oxidation sites excluding steroid dienone is 1. The van der Waals surface area contributed by atoms with Crippen LogP contribution in [-0.2, 0) is 0 Å². The van der Waals surface area contributed by atoms with Crippen LogP contribution in [0.5, 0.6) is 5.75 Å². The van der Waals surface area contributed by atoms with Crippen LogP contribution in [0.4, 0.5) is 0 Å². The van der Waals surface area contributed by atoms with Gasteiger partial charge in [-0.2, -0.15) is 0 Å². The van der Waals surface area contributed by atoms with Crippen LogP contribution in [0.2, 0.25) is 16.6 Å². The van der Waals surface area contributed by atoms with E-state index in [1.807, 2.05) is 12.1 Å². The van der Waals surface area contributed by atoms with Gasteiger partial charge in [0.1, 0.15) is 13.8 Å². The average Bonchev–Trinajstić information content (AvgIpc) is 2.53. The molecule has 0 aliphatic heterocycles. The van der Waals surface area contributed by atoms with Gasteiger partial charge in [0.2, 0.25) is 0 Å². The molecule has 0 aromatic heterocycles. The molecule has 0 radical (unpaired) electrons. The van der Waals surface area contributed by atoms with Gasteiger partial charge in [-0.15, -0.1) is 5.54 Å². The quantitative estimate of drug-likeness (QED) is 0.419. The number of hydrogen-bond donors (Lipinski definition) is 0. The molecule has 24 heavy (non-hydrogen) atoms. The maximum absolute atomic E-state index is 5.24. The van der Waals surface area contributed by atoms with Gasteiger partial charge < -0.3 is 4.74 Å². The number of rotatable bonds is 6. The average molecular weight is 343 g/mol. The second-order valence-corrected chi connectivity index (χ2v) is 13.2. The maximum atomic E-state index is 5.24. The molecule has 2 heteroatoms. The number of methoxy groups -OCH3 is 1. The van der Waals surface area contributed by atoms with Crippen molar-refractivity contribution in [1.29, 1.82) is 0 Å². The summed E-state index contributed by atoms with van der Waals surface area (Å²) < 4.78 is 5.24. The van der Waals surface area contributed by atoms with Crippen molar-refractivity contribution in [2.75, 3.05) is 7.11 Å². The van der Waals surface area contributed by atoms with Crippen LogP contribution in [0.3, 0.4) is 0 Å². The van der Waals surface area contributed by atoms with E-state index in [9.17, 15) is 0 Å². The Morgan fingerprint density at radius 3 is 1.75 bits per heavy atom. The largest absolute Gasteiger partial charge is 0.497 e. The molecule has 0 heterocycles. The first-order chi connectivity index (χ1) is 11.2. The van der Waals surface area contributed by atoms with Gasteiger partial charge in [0, 0.05) is 11.5 Å². The molecular weight excluding hydrogens is 308 g/mol. The summed E-state index contributed by atoms with van der Waals surface area (Å²) in [4.78, 5) is 0. The van der Waals surface area contributed by atoms with E-state index in [4.69, 9.17) is 4.74 Å². The first-order valence-corrected chi connectivity index (χ1v) is 11.3. The molecule has 1 aromatic carbocycles. The van der Waals surface area contributed by atoms with Crippen molar-refractivity contribution in [1.82, 2.24) is 0 Å². The van der Waals surface area contributed by atoms with Gasteiger partial charge in [-0.05, 0) is 34.3 Å². The zero-order valence-corrected chi connectivity index (χ0v) is 17.7. The van der Waals surface area contributed by atoms with Crippen LogP contribution in [0, 0.1) is 11.5 Å². The summed E-state index contributed by atoms with van der Waals surface area (Å²) >= 11 is 0. The normalized spacial score (nSPS) is 13.0. The molecule has 1 unspecified atom stereocenters. The Morgan fingerprint density at radius 2 is 1.38 bits per heavy atom. The van der Waals surface area contributed by atoms with Crippen LogP contribution in [0.25, 0.3) is 0 Å². The van der Waals surface area contributed by atoms with Crippen LogP contribution >= 0.6 is 0 Å². The smallest absolute Gasteiger partial charge is 0.146 e. The van der Waals surface area contributed by atoms with Crippen molar-refractivity contribution >= 4 is 8.07 Å². The second kappa shape index (κ2) is 8.58. The molecule has 0 bridgehead atoms. The molecule has 0 spiro atoms. The standard InChI is InChI=1S/C22H34OSi/c1-16(2)24(17(3)4,18(5)6)15-14-19(7)20(8)21-10-12-22(23-9)13-11-21/h10-13,16-18,20H,7H2,1-6,8-9H3. The molecule has 0 N–H and O–H groups in total. The summed E-state index contributed by atoms with van der Waals surface area (Å²) in [5.74, 6) is 4.60. The van der Waals surface area contributed by atoms with Gasteiger partial charge in [-0.3, -0.25) is 0 Å². The second-order valence-electron chi connectivity index (χ2n) is 7.67. The highest BCUT2D eigenvalue weighted by Crippen LogP contribution is 2.41. The first kappa shape index (κ1) is 20.6. The lowest BCUT2D eigenvalue weighted by atomic mass is 9.94. The highest BCUT2D eigenvalue weighted by molar-refractivity contribution is 6.90. The third-order valence-electron chi connectivity index (χ3n) is 5.44. The van der Waals surface area contributed by atoms with Crippen LogP contribution < -0.4 is 4.74 Å². The molecule has 1 atom stereocenters. The Morgan fingerprint density at radius 1 is 0.917 bits per heavy atom. The summed E-state index contributed by atoms with van der Waals surface area (Å²) in [5.41, 5.74) is 7.96. The third kappa shape index (κ3) is 4.33. The molecule has 1 rings (SSSR count). The zero-order valence-electron chi connectivity index (χ0n) is 16.7. The summed E-state index contributed by atoms with van der Waals surface area (Å²) in [6.45, 7) is 20.5. The van der Waals surface area contributed by atoms with Gasteiger partial charge in [0.05, 0.1) is 7.11 Å². The molecular formula is C22H34OSi. The lowest BCUT2D eigenvalue weighted by Gasteiger charge is -2.38. The fourth-order valence-corrected chi connectivity index (χ4v) is 9.07. The van der Waals surface area contributed by atoms with E-state index >= 15 is 0 Å². The van der Waals surface area contributed by atoms with Gasteiger partial charge in [-0.25, -0.2) is 0 Å². The van der Waals surface area contributed by atoms with E-state index in [1.54, 1.807) is 7.11 Å². The van der Waals surface area contributed by atoms with Crippen LogP contribution in [0.1, 0.15) is 59.9 Å². The predicted octanol–water partition coefficient (Wildman–Crippen LogP) is 6.58. The van der Waals surface area contributed by atoms with E-state index in [1.165, 1.54) is 5.56 Å². The minimum absolute atomic E-state index is 0.238. The van der Waals surface area contributed by atoms with Crippen LogP contribution in [0.15, 0.2) is 36.4 Å². The fourth-order valence-electron chi connectivity index (χ4n) is 3.82. The van der Waals surface area contributed by atoms with Crippen molar-refractivity contribution in [3.8, 4) is 17.2 Å². The summed E-state index contributed by atoms with van der Waals surface area (Å²) in [6, 6.07) is 8.21. The van der Waals surface area contributed by atoms with E-state index in [0.29, 0.717) is 16.6 Å². The van der Waals surface area contributed by atoms with Gasteiger partial charge in [0.25, 0.3) is 0 Å². The van der Waals surface area contributed by atoms with Crippen molar-refractivity contribution < 1.29 is 4.74 Å². The predicted molar refractivity (Wildman–Crippen MR) is 109 cm³/mol. The van der Waals surface area contributed by atoms with Crippen molar-refractivity contribution in [2.45, 2.75) is 71.0 Å². The van der Waals surface area contributed by atoms with E-state index in [0.717, 1.165) is 11.3 Å². The van der Waals surface area contributed by atoms with E-state index in [-0.39, 0.29) is 5.92 Å². The van der Waals surface area contributed by atoms with Crippen molar-refractivity contribution in [3.63, 3.8) is 0 Å². The number of hydrogen-bond acceptors (Lipinski definition) is 1. The molecule has 1 aromatic rings. The number of benzene rings is 1. The molecule has 1 nitrogen and oxygen atoms in total. The van der Waals surface area contributed by atoms with Crippen molar-refractivity contribution in [2.24, 2.45) is 0 Å². The molecule has 0 saturated heterocycles. The Bertz CT molecular complexity index is 577. The number of ether oxygens (including phenoxy) is 1.